The maximum atomic E-state index is 12.1. The molecule has 5 nitrogen and oxygen atoms in total. The largest absolute Gasteiger partial charge is 0.356 e. The van der Waals surface area contributed by atoms with E-state index >= 15 is 0 Å². The van der Waals surface area contributed by atoms with Gasteiger partial charge in [0.25, 0.3) is 0 Å². The third-order valence-electron chi connectivity index (χ3n) is 4.16. The zero-order valence-corrected chi connectivity index (χ0v) is 18.0. The number of carbonyl (C=O) groups is 1. The second kappa shape index (κ2) is 10.7. The van der Waals surface area contributed by atoms with Crippen LogP contribution in [-0.4, -0.2) is 33.7 Å². The summed E-state index contributed by atoms with van der Waals surface area (Å²) >= 11 is 12.1. The van der Waals surface area contributed by atoms with E-state index < -0.39 is 10.0 Å². The molecule has 0 saturated heterocycles. The summed E-state index contributed by atoms with van der Waals surface area (Å²) in [6.07, 6.45) is 3.38. The second-order valence-corrected chi connectivity index (χ2v) is 9.21. The van der Waals surface area contributed by atoms with Gasteiger partial charge in [0.05, 0.1) is 11.9 Å². The number of halogens is 2. The Morgan fingerprint density at radius 3 is 2.50 bits per heavy atom. The fourth-order valence-electron chi connectivity index (χ4n) is 2.80. The molecule has 0 fully saturated rings. The lowest BCUT2D eigenvalue weighted by molar-refractivity contribution is -0.121. The van der Waals surface area contributed by atoms with Gasteiger partial charge in [0.1, 0.15) is 0 Å². The van der Waals surface area contributed by atoms with Gasteiger partial charge in [0, 0.05) is 29.6 Å². The molecule has 8 heteroatoms. The van der Waals surface area contributed by atoms with Gasteiger partial charge in [-0.2, -0.15) is 0 Å². The molecule has 0 atom stereocenters. The number of amides is 1. The third-order valence-corrected chi connectivity index (χ3v) is 5.96. The summed E-state index contributed by atoms with van der Waals surface area (Å²) in [5, 5.41) is 4.06. The van der Waals surface area contributed by atoms with Crippen LogP contribution in [0.25, 0.3) is 0 Å². The predicted octanol–water partition coefficient (Wildman–Crippen LogP) is 4.29. The smallest absolute Gasteiger partial charge is 0.232 e. The number of sulfonamides is 1. The van der Waals surface area contributed by atoms with E-state index in [1.165, 1.54) is 4.31 Å². The average Bonchev–Trinajstić information content (AvgIpc) is 2.62. The van der Waals surface area contributed by atoms with Crippen LogP contribution < -0.4 is 9.62 Å². The van der Waals surface area contributed by atoms with Crippen LogP contribution in [0, 0.1) is 0 Å². The van der Waals surface area contributed by atoms with Crippen molar-refractivity contribution in [1.29, 1.82) is 0 Å². The number of aryl methyl sites for hydroxylation is 1. The number of carbonyl (C=O) groups excluding carboxylic acids is 1. The lowest BCUT2D eigenvalue weighted by Crippen LogP contribution is -2.32. The van der Waals surface area contributed by atoms with E-state index in [-0.39, 0.29) is 18.9 Å². The van der Waals surface area contributed by atoms with Crippen LogP contribution in [0.15, 0.2) is 48.5 Å². The number of hydrogen-bond donors (Lipinski definition) is 1. The summed E-state index contributed by atoms with van der Waals surface area (Å²) in [6, 6.07) is 14.3. The molecule has 0 spiro atoms. The Labute approximate surface area is 176 Å². The van der Waals surface area contributed by atoms with Crippen LogP contribution in [0.4, 0.5) is 5.69 Å². The van der Waals surface area contributed by atoms with Gasteiger partial charge in [-0.25, -0.2) is 8.42 Å². The molecule has 0 unspecified atom stereocenters. The molecule has 0 aromatic heterocycles. The molecule has 2 aromatic rings. The van der Waals surface area contributed by atoms with E-state index in [0.29, 0.717) is 23.7 Å². The van der Waals surface area contributed by atoms with Crippen LogP contribution in [0.5, 0.6) is 0 Å². The summed E-state index contributed by atoms with van der Waals surface area (Å²) in [5.74, 6) is -0.0984. The molecule has 0 radical (unpaired) electrons. The van der Waals surface area contributed by atoms with Crippen LogP contribution in [0.2, 0.25) is 10.0 Å². The highest BCUT2D eigenvalue weighted by atomic mass is 35.5. The Hall–Kier alpha value is -1.76. The molecule has 152 valence electrons. The first-order valence-electron chi connectivity index (χ1n) is 9.01. The zero-order valence-electron chi connectivity index (χ0n) is 15.7. The monoisotopic (exact) mass is 442 g/mol. The molecule has 0 aliphatic rings. The van der Waals surface area contributed by atoms with Crippen LogP contribution in [0.1, 0.15) is 24.8 Å². The highest BCUT2D eigenvalue weighted by Gasteiger charge is 2.17. The third kappa shape index (κ3) is 7.34. The lowest BCUT2D eigenvalue weighted by atomic mass is 10.1. The van der Waals surface area contributed by atoms with Crippen LogP contribution in [-0.2, 0) is 21.2 Å². The minimum Gasteiger partial charge on any atom is -0.356 e. The molecule has 1 N–H and O–H groups in total. The number of hydrogen-bond acceptors (Lipinski definition) is 3. The molecule has 0 aliphatic carbocycles. The quantitative estimate of drug-likeness (QED) is 0.558. The Bertz CT molecular complexity index is 904. The highest BCUT2D eigenvalue weighted by Crippen LogP contribution is 2.22. The minimum atomic E-state index is -3.46. The van der Waals surface area contributed by atoms with Gasteiger partial charge in [0.15, 0.2) is 0 Å². The van der Waals surface area contributed by atoms with E-state index in [2.05, 4.69) is 5.32 Å². The van der Waals surface area contributed by atoms with Crippen molar-refractivity contribution >= 4 is 44.8 Å². The van der Waals surface area contributed by atoms with Crippen molar-refractivity contribution in [2.75, 3.05) is 23.7 Å². The van der Waals surface area contributed by atoms with Gasteiger partial charge < -0.3 is 5.32 Å². The minimum absolute atomic E-state index is 0.0984. The molecule has 28 heavy (non-hydrogen) atoms. The van der Waals surface area contributed by atoms with Gasteiger partial charge in [-0.3, -0.25) is 9.10 Å². The molecule has 0 bridgehead atoms. The number of nitrogens with zero attached hydrogens (tertiary/aromatic N) is 1. The van der Waals surface area contributed by atoms with Crippen molar-refractivity contribution in [2.45, 2.75) is 25.7 Å². The Kier molecular flexibility index (Phi) is 8.60. The summed E-state index contributed by atoms with van der Waals surface area (Å²) in [6.45, 7) is 0.764. The average molecular weight is 443 g/mol. The maximum absolute atomic E-state index is 12.1. The number of nitrogens with one attached hydrogen (secondary N) is 1. The normalized spacial score (nSPS) is 11.2. The molecule has 1 amide bonds. The first kappa shape index (κ1) is 22.5. The van der Waals surface area contributed by atoms with E-state index in [1.54, 1.807) is 24.3 Å². The summed E-state index contributed by atoms with van der Waals surface area (Å²) in [7, 11) is -3.46. The summed E-state index contributed by atoms with van der Waals surface area (Å²) in [5.41, 5.74) is 1.55. The number of rotatable bonds is 10. The van der Waals surface area contributed by atoms with Crippen LogP contribution >= 0.6 is 23.2 Å². The molecule has 2 rings (SSSR count). The van der Waals surface area contributed by atoms with Gasteiger partial charge in [-0.05, 0) is 49.1 Å². The Morgan fingerprint density at radius 2 is 1.82 bits per heavy atom. The first-order valence-corrected chi connectivity index (χ1v) is 11.6. The standard InChI is InChI=1S/C20H24Cl2N2O3S/c1-28(26,27)24(18-10-4-9-17(21)15-18)14-6-12-20(25)23-13-5-8-16-7-2-3-11-19(16)22/h2-4,7,9-11,15H,5-6,8,12-14H2,1H3,(H,23,25). The van der Waals surface area contributed by atoms with Crippen molar-refractivity contribution in [3.05, 3.63) is 64.1 Å². The summed E-state index contributed by atoms with van der Waals surface area (Å²) in [4.78, 5) is 12.0. The maximum Gasteiger partial charge on any atom is 0.232 e. The Morgan fingerprint density at radius 1 is 1.07 bits per heavy atom. The number of anilines is 1. The van der Waals surface area contributed by atoms with Crippen molar-refractivity contribution in [3.8, 4) is 0 Å². The van der Waals surface area contributed by atoms with Crippen molar-refractivity contribution in [1.82, 2.24) is 5.32 Å². The van der Waals surface area contributed by atoms with Gasteiger partial charge in [0.2, 0.25) is 15.9 Å². The molecule has 0 heterocycles. The molecular formula is C20H24Cl2N2O3S. The zero-order chi connectivity index (χ0) is 20.6. The predicted molar refractivity (Wildman–Crippen MR) is 116 cm³/mol. The van der Waals surface area contributed by atoms with Gasteiger partial charge >= 0.3 is 0 Å². The van der Waals surface area contributed by atoms with Gasteiger partial charge in [-0.15, -0.1) is 0 Å². The summed E-state index contributed by atoms with van der Waals surface area (Å²) < 4.78 is 25.4. The van der Waals surface area contributed by atoms with Crippen molar-refractivity contribution in [3.63, 3.8) is 0 Å². The highest BCUT2D eigenvalue weighted by molar-refractivity contribution is 7.92. The van der Waals surface area contributed by atoms with Gasteiger partial charge in [-0.1, -0.05) is 47.5 Å². The Balaban J connectivity index is 1.76. The van der Waals surface area contributed by atoms with E-state index in [1.807, 2.05) is 24.3 Å². The first-order chi connectivity index (χ1) is 13.3. The lowest BCUT2D eigenvalue weighted by Gasteiger charge is -2.22. The van der Waals surface area contributed by atoms with E-state index in [4.69, 9.17) is 23.2 Å². The van der Waals surface area contributed by atoms with E-state index in [9.17, 15) is 13.2 Å². The molecule has 2 aromatic carbocycles. The van der Waals surface area contributed by atoms with E-state index in [0.717, 1.165) is 29.7 Å². The topological polar surface area (TPSA) is 66.5 Å². The van der Waals surface area contributed by atoms with Crippen molar-refractivity contribution < 1.29 is 13.2 Å². The van der Waals surface area contributed by atoms with Crippen molar-refractivity contribution in [2.24, 2.45) is 0 Å². The molecule has 0 saturated carbocycles. The van der Waals surface area contributed by atoms with Crippen LogP contribution in [0.3, 0.4) is 0 Å². The fourth-order valence-corrected chi connectivity index (χ4v) is 4.17. The second-order valence-electron chi connectivity index (χ2n) is 6.46. The molecule has 0 aliphatic heterocycles. The SMILES string of the molecule is CS(=O)(=O)N(CCCC(=O)NCCCc1ccccc1Cl)c1cccc(Cl)c1. The molecular weight excluding hydrogens is 419 g/mol. The fraction of sp³-hybridized carbons (Fsp3) is 0.350. The number of benzene rings is 2.